The van der Waals surface area contributed by atoms with Gasteiger partial charge in [0.15, 0.2) is 22.7 Å². The first kappa shape index (κ1) is 19.3. The van der Waals surface area contributed by atoms with Gasteiger partial charge in [0.1, 0.15) is 6.61 Å². The molecule has 0 spiro atoms. The second-order valence-corrected chi connectivity index (χ2v) is 6.19. The fourth-order valence-corrected chi connectivity index (χ4v) is 2.79. The van der Waals surface area contributed by atoms with Gasteiger partial charge in [-0.25, -0.2) is 14.2 Å². The first-order chi connectivity index (χ1) is 13.4. The van der Waals surface area contributed by atoms with E-state index >= 15 is 0 Å². The van der Waals surface area contributed by atoms with Crippen LogP contribution in [-0.2, 0) is 25.4 Å². The van der Waals surface area contributed by atoms with E-state index in [9.17, 15) is 18.8 Å². The van der Waals surface area contributed by atoms with Crippen LogP contribution in [0.5, 0.6) is 5.75 Å². The molecule has 28 heavy (non-hydrogen) atoms. The zero-order valence-electron chi connectivity index (χ0n) is 15.5. The highest BCUT2D eigenvalue weighted by molar-refractivity contribution is 5.76. The number of nitrogens with zero attached hydrogens (tertiary/aromatic N) is 4. The van der Waals surface area contributed by atoms with Crippen molar-refractivity contribution in [2.75, 3.05) is 13.2 Å². The Balaban J connectivity index is 1.56. The second kappa shape index (κ2) is 8.07. The monoisotopic (exact) mass is 389 g/mol. The van der Waals surface area contributed by atoms with Crippen LogP contribution in [-0.4, -0.2) is 37.7 Å². The minimum absolute atomic E-state index is 0.108. The molecule has 148 valence electrons. The van der Waals surface area contributed by atoms with E-state index < -0.39 is 17.1 Å². The molecule has 0 saturated carbocycles. The van der Waals surface area contributed by atoms with Crippen molar-refractivity contribution in [2.24, 2.45) is 14.1 Å². The number of aromatic nitrogens is 4. The van der Waals surface area contributed by atoms with Gasteiger partial charge in [-0.15, -0.1) is 0 Å². The van der Waals surface area contributed by atoms with E-state index in [4.69, 9.17) is 4.74 Å². The van der Waals surface area contributed by atoms with Gasteiger partial charge in [0.05, 0.1) is 12.9 Å². The topological polar surface area (TPSA) is 100 Å². The molecule has 2 aromatic heterocycles. The molecule has 10 heteroatoms. The number of halogens is 1. The van der Waals surface area contributed by atoms with E-state index in [0.717, 1.165) is 4.57 Å². The van der Waals surface area contributed by atoms with Crippen molar-refractivity contribution >= 4 is 17.1 Å². The van der Waals surface area contributed by atoms with E-state index in [-0.39, 0.29) is 48.9 Å². The lowest BCUT2D eigenvalue weighted by atomic mass is 10.3. The normalized spacial score (nSPS) is 11.0. The molecule has 3 aromatic rings. The number of amides is 1. The number of hydrogen-bond acceptors (Lipinski definition) is 5. The molecule has 0 fully saturated rings. The molecule has 0 aliphatic carbocycles. The van der Waals surface area contributed by atoms with E-state index in [2.05, 4.69) is 10.3 Å². The maximum Gasteiger partial charge on any atom is 0.332 e. The third-order valence-electron chi connectivity index (χ3n) is 4.32. The summed E-state index contributed by atoms with van der Waals surface area (Å²) in [6.45, 7) is 0.571. The Kier molecular flexibility index (Phi) is 5.57. The summed E-state index contributed by atoms with van der Waals surface area (Å²) in [6.07, 6.45) is 1.54. The Morgan fingerprint density at radius 3 is 2.71 bits per heavy atom. The molecule has 1 aromatic carbocycles. The highest BCUT2D eigenvalue weighted by Crippen LogP contribution is 2.14. The zero-order chi connectivity index (χ0) is 20.3. The van der Waals surface area contributed by atoms with Gasteiger partial charge in [-0.05, 0) is 12.1 Å². The number of nitrogens with one attached hydrogen (secondary N) is 1. The molecule has 3 rings (SSSR count). The quantitative estimate of drug-likeness (QED) is 0.580. The molecule has 0 saturated heterocycles. The summed E-state index contributed by atoms with van der Waals surface area (Å²) in [7, 11) is 2.92. The molecule has 0 bridgehead atoms. The van der Waals surface area contributed by atoms with Gasteiger partial charge in [-0.1, -0.05) is 12.1 Å². The fourth-order valence-electron chi connectivity index (χ4n) is 2.79. The number of fused-ring (bicyclic) bond motifs is 1. The number of benzene rings is 1. The number of ether oxygens (including phenoxy) is 1. The highest BCUT2D eigenvalue weighted by Gasteiger charge is 2.14. The zero-order valence-corrected chi connectivity index (χ0v) is 15.5. The van der Waals surface area contributed by atoms with Gasteiger partial charge in [-0.3, -0.25) is 18.7 Å². The summed E-state index contributed by atoms with van der Waals surface area (Å²) in [5, 5.41) is 2.67. The van der Waals surface area contributed by atoms with Crippen LogP contribution in [0, 0.1) is 5.82 Å². The first-order valence-electron chi connectivity index (χ1n) is 8.65. The van der Waals surface area contributed by atoms with Crippen LogP contribution in [0.15, 0.2) is 40.2 Å². The number of carbonyl (C=O) groups is 1. The SMILES string of the molecule is Cn1c(=O)c2c(ncn2CCC(=O)NCCOc2ccccc2F)n(C)c1=O. The van der Waals surface area contributed by atoms with Gasteiger partial charge in [0.2, 0.25) is 5.91 Å². The number of aryl methyl sites for hydroxylation is 2. The molecule has 2 heterocycles. The van der Waals surface area contributed by atoms with Crippen LogP contribution in [0.2, 0.25) is 0 Å². The van der Waals surface area contributed by atoms with E-state index in [1.54, 1.807) is 16.7 Å². The Hall–Kier alpha value is -3.43. The van der Waals surface area contributed by atoms with Crippen molar-refractivity contribution in [3.8, 4) is 5.75 Å². The third-order valence-corrected chi connectivity index (χ3v) is 4.32. The van der Waals surface area contributed by atoms with Gasteiger partial charge in [-0.2, -0.15) is 0 Å². The minimum Gasteiger partial charge on any atom is -0.489 e. The van der Waals surface area contributed by atoms with Gasteiger partial charge >= 0.3 is 5.69 Å². The minimum atomic E-state index is -0.464. The Morgan fingerprint density at radius 1 is 1.21 bits per heavy atom. The summed E-state index contributed by atoms with van der Waals surface area (Å²) in [5.41, 5.74) is -0.392. The first-order valence-corrected chi connectivity index (χ1v) is 8.65. The van der Waals surface area contributed by atoms with Gasteiger partial charge in [0.25, 0.3) is 5.56 Å². The molecule has 0 aliphatic rings. The summed E-state index contributed by atoms with van der Waals surface area (Å²) >= 11 is 0. The smallest absolute Gasteiger partial charge is 0.332 e. The van der Waals surface area contributed by atoms with Crippen LogP contribution >= 0.6 is 0 Å². The number of carbonyl (C=O) groups excluding carboxylic acids is 1. The molecule has 0 aliphatic heterocycles. The Morgan fingerprint density at radius 2 is 1.96 bits per heavy atom. The summed E-state index contributed by atoms with van der Waals surface area (Å²) in [6, 6.07) is 6.03. The molecule has 9 nitrogen and oxygen atoms in total. The molecular weight excluding hydrogens is 369 g/mol. The average Bonchev–Trinajstić information content (AvgIpc) is 3.12. The lowest BCUT2D eigenvalue weighted by Gasteiger charge is -2.09. The van der Waals surface area contributed by atoms with Crippen molar-refractivity contribution < 1.29 is 13.9 Å². The predicted molar refractivity (Wildman–Crippen MR) is 99.7 cm³/mol. The molecule has 1 amide bonds. The van der Waals surface area contributed by atoms with Crippen molar-refractivity contribution in [3.05, 3.63) is 57.2 Å². The van der Waals surface area contributed by atoms with Gasteiger partial charge < -0.3 is 14.6 Å². The predicted octanol–water partition coefficient (Wildman–Crippen LogP) is 0.158. The number of imidazole rings is 1. The molecule has 1 N–H and O–H groups in total. The molecule has 0 unspecified atom stereocenters. The van der Waals surface area contributed by atoms with Crippen LogP contribution in [0.25, 0.3) is 11.2 Å². The maximum absolute atomic E-state index is 13.4. The number of para-hydroxylation sites is 1. The highest BCUT2D eigenvalue weighted by atomic mass is 19.1. The van der Waals surface area contributed by atoms with Crippen LogP contribution in [0.4, 0.5) is 4.39 Å². The standard InChI is InChI=1S/C18H20FN5O4/c1-22-16-15(17(26)23(2)18(22)27)24(11-21-16)9-7-14(25)20-8-10-28-13-6-4-3-5-12(13)19/h3-6,11H,7-10H2,1-2H3,(H,20,25). The largest absolute Gasteiger partial charge is 0.489 e. The average molecular weight is 389 g/mol. The second-order valence-electron chi connectivity index (χ2n) is 6.19. The van der Waals surface area contributed by atoms with Crippen molar-refractivity contribution in [3.63, 3.8) is 0 Å². The Labute approximate surface area is 159 Å². The van der Waals surface area contributed by atoms with Crippen LogP contribution < -0.4 is 21.3 Å². The molecule has 0 atom stereocenters. The summed E-state index contributed by atoms with van der Waals surface area (Å²) in [4.78, 5) is 40.4. The van der Waals surface area contributed by atoms with Crippen LogP contribution in [0.3, 0.4) is 0 Å². The number of rotatable bonds is 7. The number of hydrogen-bond donors (Lipinski definition) is 1. The van der Waals surface area contributed by atoms with Crippen molar-refractivity contribution in [1.82, 2.24) is 24.0 Å². The fraction of sp³-hybridized carbons (Fsp3) is 0.333. The Bertz CT molecular complexity index is 1130. The van der Waals surface area contributed by atoms with E-state index in [0.29, 0.717) is 0 Å². The van der Waals surface area contributed by atoms with Crippen molar-refractivity contribution in [1.29, 1.82) is 0 Å². The molecular formula is C18H20FN5O4. The summed E-state index contributed by atoms with van der Waals surface area (Å²) < 4.78 is 22.5. The third kappa shape index (κ3) is 3.80. The van der Waals surface area contributed by atoms with E-state index in [1.807, 2.05) is 0 Å². The maximum atomic E-state index is 13.4. The van der Waals surface area contributed by atoms with E-state index in [1.165, 1.54) is 37.1 Å². The molecule has 0 radical (unpaired) electrons. The van der Waals surface area contributed by atoms with Gasteiger partial charge in [0, 0.05) is 27.1 Å². The lowest BCUT2D eigenvalue weighted by Crippen LogP contribution is -2.37. The van der Waals surface area contributed by atoms with Crippen molar-refractivity contribution in [2.45, 2.75) is 13.0 Å². The lowest BCUT2D eigenvalue weighted by molar-refractivity contribution is -0.121. The summed E-state index contributed by atoms with van der Waals surface area (Å²) in [5.74, 6) is -0.583. The van der Waals surface area contributed by atoms with Crippen LogP contribution in [0.1, 0.15) is 6.42 Å².